The van der Waals surface area contributed by atoms with Gasteiger partial charge in [0.1, 0.15) is 12.0 Å². The van der Waals surface area contributed by atoms with Gasteiger partial charge in [0.15, 0.2) is 0 Å². The summed E-state index contributed by atoms with van der Waals surface area (Å²) in [5.41, 5.74) is 2.41. The Kier molecular flexibility index (Phi) is 3.76. The summed E-state index contributed by atoms with van der Waals surface area (Å²) in [6, 6.07) is 4.02. The Morgan fingerprint density at radius 2 is 2.16 bits per heavy atom. The molecule has 0 amide bonds. The van der Waals surface area contributed by atoms with Crippen molar-refractivity contribution in [1.82, 2.24) is 4.90 Å². The maximum absolute atomic E-state index is 10.8. The highest BCUT2D eigenvalue weighted by atomic mass is 35.5. The molecule has 102 valence electrons. The monoisotopic (exact) mass is 279 g/mol. The third-order valence-corrected chi connectivity index (χ3v) is 4.26. The van der Waals surface area contributed by atoms with E-state index in [0.717, 1.165) is 62.6 Å². The van der Waals surface area contributed by atoms with E-state index in [-0.39, 0.29) is 5.92 Å². The van der Waals surface area contributed by atoms with Crippen LogP contribution in [0.5, 0.6) is 5.75 Å². The molecule has 0 spiro atoms. The number of nitrogens with zero attached hydrogens (tertiary/aromatic N) is 1. The van der Waals surface area contributed by atoms with Gasteiger partial charge in [-0.25, -0.2) is 0 Å². The Hall–Kier alpha value is -1.06. The first kappa shape index (κ1) is 12.9. The lowest BCUT2D eigenvalue weighted by Gasteiger charge is -2.30. The zero-order chi connectivity index (χ0) is 13.2. The SMILES string of the molecule is O=CC1CCN(Cc2cc(Cl)cc3c2OCC3)CC1. The van der Waals surface area contributed by atoms with Gasteiger partial charge >= 0.3 is 0 Å². The number of hydrogen-bond acceptors (Lipinski definition) is 3. The Bertz CT molecular complexity index is 481. The summed E-state index contributed by atoms with van der Waals surface area (Å²) >= 11 is 6.17. The first-order chi connectivity index (χ1) is 9.26. The van der Waals surface area contributed by atoms with E-state index in [1.54, 1.807) is 0 Å². The number of halogens is 1. The molecule has 4 heteroatoms. The van der Waals surface area contributed by atoms with Crippen LogP contribution in [0.1, 0.15) is 24.0 Å². The van der Waals surface area contributed by atoms with Crippen molar-refractivity contribution < 1.29 is 9.53 Å². The Balaban J connectivity index is 1.72. The number of ether oxygens (including phenoxy) is 1. The highest BCUT2D eigenvalue weighted by Gasteiger charge is 2.22. The van der Waals surface area contributed by atoms with Crippen LogP contribution in [-0.2, 0) is 17.8 Å². The van der Waals surface area contributed by atoms with Crippen LogP contribution >= 0.6 is 11.6 Å². The van der Waals surface area contributed by atoms with E-state index in [2.05, 4.69) is 4.90 Å². The predicted octanol–water partition coefficient (Wildman–Crippen LogP) is 2.69. The zero-order valence-electron chi connectivity index (χ0n) is 10.9. The molecule has 1 aromatic rings. The molecule has 0 radical (unpaired) electrons. The molecule has 0 atom stereocenters. The van der Waals surface area contributed by atoms with Gasteiger partial charge in [0.2, 0.25) is 0 Å². The lowest BCUT2D eigenvalue weighted by atomic mass is 9.98. The Morgan fingerprint density at radius 1 is 1.37 bits per heavy atom. The summed E-state index contributed by atoms with van der Waals surface area (Å²) in [4.78, 5) is 13.1. The maximum Gasteiger partial charge on any atom is 0.127 e. The molecule has 0 saturated carbocycles. The molecule has 0 unspecified atom stereocenters. The van der Waals surface area contributed by atoms with Gasteiger partial charge in [0.05, 0.1) is 6.61 Å². The number of likely N-dealkylation sites (tertiary alicyclic amines) is 1. The van der Waals surface area contributed by atoms with Crippen LogP contribution in [0.15, 0.2) is 12.1 Å². The summed E-state index contributed by atoms with van der Waals surface area (Å²) in [5, 5.41) is 0.794. The van der Waals surface area contributed by atoms with Gasteiger partial charge in [0.25, 0.3) is 0 Å². The number of fused-ring (bicyclic) bond motifs is 1. The van der Waals surface area contributed by atoms with Crippen molar-refractivity contribution in [2.24, 2.45) is 5.92 Å². The molecule has 0 aliphatic carbocycles. The second-order valence-electron chi connectivity index (χ2n) is 5.40. The number of carbonyl (C=O) groups is 1. The summed E-state index contributed by atoms with van der Waals surface area (Å²) in [5.74, 6) is 1.28. The van der Waals surface area contributed by atoms with Crippen molar-refractivity contribution in [3.05, 3.63) is 28.3 Å². The van der Waals surface area contributed by atoms with Crippen molar-refractivity contribution in [2.75, 3.05) is 19.7 Å². The van der Waals surface area contributed by atoms with Gasteiger partial charge in [-0.1, -0.05) is 11.6 Å². The predicted molar refractivity (Wildman–Crippen MR) is 74.7 cm³/mol. The van der Waals surface area contributed by atoms with E-state index in [1.807, 2.05) is 12.1 Å². The highest BCUT2D eigenvalue weighted by Crippen LogP contribution is 2.34. The number of rotatable bonds is 3. The first-order valence-electron chi connectivity index (χ1n) is 6.88. The number of carbonyl (C=O) groups excluding carboxylic acids is 1. The standard InChI is InChI=1S/C15H18ClNO2/c16-14-7-12-3-6-19-15(12)13(8-14)9-17-4-1-11(10-18)2-5-17/h7-8,10-11H,1-6,9H2. The van der Waals surface area contributed by atoms with Crippen molar-refractivity contribution in [1.29, 1.82) is 0 Å². The van der Waals surface area contributed by atoms with Gasteiger partial charge in [-0.2, -0.15) is 0 Å². The molecule has 3 rings (SSSR count). The molecule has 1 fully saturated rings. The molecule has 2 aliphatic rings. The maximum atomic E-state index is 10.8. The quantitative estimate of drug-likeness (QED) is 0.797. The van der Waals surface area contributed by atoms with Crippen LogP contribution in [0.4, 0.5) is 0 Å². The third kappa shape index (κ3) is 2.77. The Labute approximate surface area is 118 Å². The van der Waals surface area contributed by atoms with Crippen LogP contribution in [0, 0.1) is 5.92 Å². The number of benzene rings is 1. The van der Waals surface area contributed by atoms with E-state index in [1.165, 1.54) is 11.1 Å². The average molecular weight is 280 g/mol. The minimum absolute atomic E-state index is 0.248. The molecule has 19 heavy (non-hydrogen) atoms. The molecule has 0 aromatic heterocycles. The fourth-order valence-corrected chi connectivity index (χ4v) is 3.21. The van der Waals surface area contributed by atoms with E-state index in [0.29, 0.717) is 0 Å². The van der Waals surface area contributed by atoms with Crippen LogP contribution in [0.2, 0.25) is 5.02 Å². The fraction of sp³-hybridized carbons (Fsp3) is 0.533. The van der Waals surface area contributed by atoms with Crippen molar-refractivity contribution in [3.63, 3.8) is 0 Å². The van der Waals surface area contributed by atoms with Gasteiger partial charge in [-0.15, -0.1) is 0 Å². The highest BCUT2D eigenvalue weighted by molar-refractivity contribution is 6.30. The van der Waals surface area contributed by atoms with Crippen molar-refractivity contribution in [3.8, 4) is 5.75 Å². The van der Waals surface area contributed by atoms with Crippen molar-refractivity contribution in [2.45, 2.75) is 25.8 Å². The molecule has 0 bridgehead atoms. The average Bonchev–Trinajstić information content (AvgIpc) is 2.88. The first-order valence-corrected chi connectivity index (χ1v) is 7.26. The van der Waals surface area contributed by atoms with Crippen molar-refractivity contribution >= 4 is 17.9 Å². The topological polar surface area (TPSA) is 29.5 Å². The fourth-order valence-electron chi connectivity index (χ4n) is 2.95. The number of hydrogen-bond donors (Lipinski definition) is 0. The molecule has 2 heterocycles. The van der Waals surface area contributed by atoms with E-state index in [4.69, 9.17) is 16.3 Å². The molecule has 2 aliphatic heterocycles. The third-order valence-electron chi connectivity index (χ3n) is 4.04. The molecule has 1 aromatic carbocycles. The van der Waals surface area contributed by atoms with E-state index < -0.39 is 0 Å². The van der Waals surface area contributed by atoms with Crippen LogP contribution in [-0.4, -0.2) is 30.9 Å². The van der Waals surface area contributed by atoms with E-state index >= 15 is 0 Å². The van der Waals surface area contributed by atoms with Gasteiger partial charge in [-0.3, -0.25) is 4.90 Å². The lowest BCUT2D eigenvalue weighted by molar-refractivity contribution is -0.112. The van der Waals surface area contributed by atoms with Crippen LogP contribution in [0.3, 0.4) is 0 Å². The number of aldehydes is 1. The van der Waals surface area contributed by atoms with Crippen LogP contribution in [0.25, 0.3) is 0 Å². The van der Waals surface area contributed by atoms with Gasteiger partial charge < -0.3 is 9.53 Å². The summed E-state index contributed by atoms with van der Waals surface area (Å²) in [6.07, 6.45) is 3.98. The summed E-state index contributed by atoms with van der Waals surface area (Å²) in [6.45, 7) is 3.58. The minimum atomic E-state index is 0.248. The summed E-state index contributed by atoms with van der Waals surface area (Å²) < 4.78 is 5.73. The lowest BCUT2D eigenvalue weighted by Crippen LogP contribution is -2.33. The molecule has 3 nitrogen and oxygen atoms in total. The van der Waals surface area contributed by atoms with E-state index in [9.17, 15) is 4.79 Å². The smallest absolute Gasteiger partial charge is 0.127 e. The summed E-state index contributed by atoms with van der Waals surface area (Å²) in [7, 11) is 0. The van der Waals surface area contributed by atoms with Gasteiger partial charge in [0, 0.05) is 29.5 Å². The Morgan fingerprint density at radius 3 is 2.89 bits per heavy atom. The largest absolute Gasteiger partial charge is 0.493 e. The van der Waals surface area contributed by atoms with Gasteiger partial charge in [-0.05, 0) is 43.6 Å². The zero-order valence-corrected chi connectivity index (χ0v) is 11.7. The second-order valence-corrected chi connectivity index (χ2v) is 5.84. The minimum Gasteiger partial charge on any atom is -0.493 e. The second kappa shape index (κ2) is 5.51. The molecule has 0 N–H and O–H groups in total. The molecular weight excluding hydrogens is 262 g/mol. The number of piperidine rings is 1. The molecule has 1 saturated heterocycles. The normalized spacial score (nSPS) is 20.1. The van der Waals surface area contributed by atoms with Crippen LogP contribution < -0.4 is 4.74 Å². The molecular formula is C15H18ClNO2.